The fraction of sp³-hybridized carbons (Fsp3) is 0.571. The van der Waals surface area contributed by atoms with Gasteiger partial charge in [-0.15, -0.1) is 0 Å². The number of hydrogen-bond acceptors (Lipinski definition) is 2. The SMILES string of the molecule is CNC1CCC(C)CC1S(=O)c1ccc(F)cc1F. The molecule has 2 rings (SSSR count). The Balaban J connectivity index is 2.25. The lowest BCUT2D eigenvalue weighted by molar-refractivity contribution is 0.324. The maximum absolute atomic E-state index is 13.7. The smallest absolute Gasteiger partial charge is 0.142 e. The predicted molar refractivity (Wildman–Crippen MR) is 72.4 cm³/mol. The van der Waals surface area contributed by atoms with Crippen molar-refractivity contribution in [3.63, 3.8) is 0 Å². The Bertz CT molecular complexity index is 481. The Morgan fingerprint density at radius 1 is 1.32 bits per heavy atom. The number of nitrogens with one attached hydrogen (secondary N) is 1. The zero-order valence-electron chi connectivity index (χ0n) is 11.2. The Morgan fingerprint density at radius 2 is 2.05 bits per heavy atom. The first-order chi connectivity index (χ1) is 9.02. The van der Waals surface area contributed by atoms with Gasteiger partial charge in [0.15, 0.2) is 0 Å². The number of hydrogen-bond donors (Lipinski definition) is 1. The van der Waals surface area contributed by atoms with Crippen LogP contribution in [-0.4, -0.2) is 22.5 Å². The third-order valence-electron chi connectivity index (χ3n) is 3.81. The summed E-state index contributed by atoms with van der Waals surface area (Å²) in [6.45, 7) is 2.12. The van der Waals surface area contributed by atoms with Crippen molar-refractivity contribution >= 4 is 10.8 Å². The van der Waals surface area contributed by atoms with Gasteiger partial charge < -0.3 is 5.32 Å². The van der Waals surface area contributed by atoms with Crippen molar-refractivity contribution in [2.24, 2.45) is 5.92 Å². The van der Waals surface area contributed by atoms with Crippen molar-refractivity contribution in [3.8, 4) is 0 Å². The molecule has 0 amide bonds. The van der Waals surface area contributed by atoms with Crippen LogP contribution >= 0.6 is 0 Å². The van der Waals surface area contributed by atoms with Gasteiger partial charge in [0, 0.05) is 12.1 Å². The van der Waals surface area contributed by atoms with Gasteiger partial charge >= 0.3 is 0 Å². The summed E-state index contributed by atoms with van der Waals surface area (Å²) < 4.78 is 39.2. The summed E-state index contributed by atoms with van der Waals surface area (Å²) in [4.78, 5) is 0.112. The minimum atomic E-state index is -1.44. The van der Waals surface area contributed by atoms with E-state index in [0.29, 0.717) is 5.92 Å². The summed E-state index contributed by atoms with van der Waals surface area (Å²) in [6, 6.07) is 3.39. The van der Waals surface area contributed by atoms with Crippen LogP contribution in [0.4, 0.5) is 8.78 Å². The topological polar surface area (TPSA) is 29.1 Å². The number of benzene rings is 1. The maximum Gasteiger partial charge on any atom is 0.142 e. The lowest BCUT2D eigenvalue weighted by Crippen LogP contribution is -2.44. The van der Waals surface area contributed by atoms with E-state index in [9.17, 15) is 13.0 Å². The van der Waals surface area contributed by atoms with Crippen LogP contribution in [0, 0.1) is 17.6 Å². The Morgan fingerprint density at radius 3 is 2.68 bits per heavy atom. The molecule has 4 unspecified atom stereocenters. The van der Waals surface area contributed by atoms with Crippen LogP contribution in [-0.2, 0) is 10.8 Å². The zero-order valence-corrected chi connectivity index (χ0v) is 12.0. The number of halogens is 2. The second-order valence-electron chi connectivity index (χ2n) is 5.22. The molecular weight excluding hydrogens is 268 g/mol. The monoisotopic (exact) mass is 287 g/mol. The molecule has 5 heteroatoms. The fourth-order valence-corrected chi connectivity index (χ4v) is 4.55. The molecule has 1 N–H and O–H groups in total. The van der Waals surface area contributed by atoms with Crippen molar-refractivity contribution in [1.82, 2.24) is 5.32 Å². The summed E-state index contributed by atoms with van der Waals surface area (Å²) in [6.07, 6.45) is 2.83. The molecule has 1 aliphatic carbocycles. The van der Waals surface area contributed by atoms with E-state index in [-0.39, 0.29) is 16.2 Å². The number of rotatable bonds is 3. The largest absolute Gasteiger partial charge is 0.316 e. The predicted octanol–water partition coefficient (Wildman–Crippen LogP) is 2.85. The van der Waals surface area contributed by atoms with Crippen molar-refractivity contribution in [2.75, 3.05) is 7.05 Å². The molecule has 0 bridgehead atoms. The van der Waals surface area contributed by atoms with Gasteiger partial charge in [0.05, 0.1) is 20.9 Å². The van der Waals surface area contributed by atoms with E-state index in [1.54, 1.807) is 0 Å². The van der Waals surface area contributed by atoms with Crippen molar-refractivity contribution in [3.05, 3.63) is 29.8 Å². The highest BCUT2D eigenvalue weighted by Crippen LogP contribution is 2.30. The van der Waals surface area contributed by atoms with Gasteiger partial charge in [-0.3, -0.25) is 4.21 Å². The lowest BCUT2D eigenvalue weighted by atomic mass is 9.87. The molecule has 0 saturated heterocycles. The first-order valence-corrected chi connectivity index (χ1v) is 7.77. The van der Waals surface area contributed by atoms with E-state index in [1.165, 1.54) is 6.07 Å². The zero-order chi connectivity index (χ0) is 14.0. The van der Waals surface area contributed by atoms with Crippen molar-refractivity contribution in [1.29, 1.82) is 0 Å². The van der Waals surface area contributed by atoms with Crippen LogP contribution in [0.1, 0.15) is 26.2 Å². The first-order valence-electron chi connectivity index (χ1n) is 6.55. The first kappa shape index (κ1) is 14.6. The molecule has 1 saturated carbocycles. The van der Waals surface area contributed by atoms with Crippen LogP contribution in [0.2, 0.25) is 0 Å². The van der Waals surface area contributed by atoms with Gasteiger partial charge in [-0.05, 0) is 44.4 Å². The van der Waals surface area contributed by atoms with Crippen LogP contribution in [0.25, 0.3) is 0 Å². The molecule has 0 spiro atoms. The summed E-state index contributed by atoms with van der Waals surface area (Å²) in [5.74, 6) is -0.867. The van der Waals surface area contributed by atoms with Gasteiger partial charge in [-0.2, -0.15) is 0 Å². The molecule has 106 valence electrons. The highest BCUT2D eigenvalue weighted by molar-refractivity contribution is 7.85. The normalized spacial score (nSPS) is 29.2. The molecule has 1 fully saturated rings. The van der Waals surface area contributed by atoms with E-state index in [4.69, 9.17) is 0 Å². The molecule has 0 aromatic heterocycles. The van der Waals surface area contributed by atoms with Gasteiger partial charge in [0.25, 0.3) is 0 Å². The highest BCUT2D eigenvalue weighted by atomic mass is 32.2. The van der Waals surface area contributed by atoms with Gasteiger partial charge in [-0.1, -0.05) is 6.92 Å². The standard InChI is InChI=1S/C14H19F2NOS/c1-9-3-5-12(17-2)14(7-9)19(18)13-6-4-10(15)8-11(13)16/h4,6,8-9,12,14,17H,3,5,7H2,1-2H3. The quantitative estimate of drug-likeness (QED) is 0.926. The highest BCUT2D eigenvalue weighted by Gasteiger charge is 2.33. The minimum absolute atomic E-state index is 0.112. The van der Waals surface area contributed by atoms with E-state index in [2.05, 4.69) is 12.2 Å². The van der Waals surface area contributed by atoms with Crippen molar-refractivity contribution in [2.45, 2.75) is 42.4 Å². The fourth-order valence-electron chi connectivity index (χ4n) is 2.70. The van der Waals surface area contributed by atoms with Crippen LogP contribution in [0.5, 0.6) is 0 Å². The average molecular weight is 287 g/mol. The summed E-state index contributed by atoms with van der Waals surface area (Å²) in [7, 11) is 0.395. The van der Waals surface area contributed by atoms with Gasteiger partial charge in [0.1, 0.15) is 11.6 Å². The molecule has 2 nitrogen and oxygen atoms in total. The van der Waals surface area contributed by atoms with Gasteiger partial charge in [-0.25, -0.2) is 8.78 Å². The van der Waals surface area contributed by atoms with Crippen LogP contribution in [0.3, 0.4) is 0 Å². The molecule has 0 aliphatic heterocycles. The lowest BCUT2D eigenvalue weighted by Gasteiger charge is -2.34. The molecule has 0 radical (unpaired) electrons. The Hall–Kier alpha value is -0.810. The molecule has 4 atom stereocenters. The summed E-state index contributed by atoms with van der Waals surface area (Å²) >= 11 is 0. The minimum Gasteiger partial charge on any atom is -0.316 e. The molecule has 1 aliphatic rings. The summed E-state index contributed by atoms with van der Waals surface area (Å²) in [5, 5.41) is 3.05. The van der Waals surface area contributed by atoms with E-state index in [0.717, 1.165) is 31.4 Å². The second kappa shape index (κ2) is 6.09. The van der Waals surface area contributed by atoms with E-state index < -0.39 is 22.4 Å². The average Bonchev–Trinajstić information content (AvgIpc) is 2.38. The van der Waals surface area contributed by atoms with Crippen LogP contribution in [0.15, 0.2) is 23.1 Å². The van der Waals surface area contributed by atoms with E-state index in [1.807, 2.05) is 7.05 Å². The maximum atomic E-state index is 13.7. The summed E-state index contributed by atoms with van der Waals surface area (Å²) in [5.41, 5.74) is 0. The molecule has 1 aromatic carbocycles. The molecule has 0 heterocycles. The molecule has 1 aromatic rings. The third kappa shape index (κ3) is 3.20. The molecule has 19 heavy (non-hydrogen) atoms. The molecular formula is C14H19F2NOS. The Kier molecular flexibility index (Phi) is 4.68. The van der Waals surface area contributed by atoms with Gasteiger partial charge in [0.2, 0.25) is 0 Å². The van der Waals surface area contributed by atoms with Crippen molar-refractivity contribution < 1.29 is 13.0 Å². The Labute approximate surface area is 115 Å². The second-order valence-corrected chi connectivity index (χ2v) is 6.86. The van der Waals surface area contributed by atoms with E-state index >= 15 is 0 Å². The van der Waals surface area contributed by atoms with Crippen LogP contribution < -0.4 is 5.32 Å². The third-order valence-corrected chi connectivity index (χ3v) is 5.65.